The van der Waals surface area contributed by atoms with E-state index in [1.807, 2.05) is 39.3 Å². The summed E-state index contributed by atoms with van der Waals surface area (Å²) in [5, 5.41) is 0. The average Bonchev–Trinajstić information content (AvgIpc) is 2.27. The van der Waals surface area contributed by atoms with Gasteiger partial charge in [-0.2, -0.15) is 0 Å². The molecule has 0 aromatic rings. The van der Waals surface area contributed by atoms with Crippen LogP contribution in [0, 0.1) is 0 Å². The number of carbonyl (C=O) groups excluding carboxylic acids is 2. The normalized spacial score (nSPS) is 12.1. The van der Waals surface area contributed by atoms with Gasteiger partial charge in [0.15, 0.2) is 0 Å². The fourth-order valence-corrected chi connectivity index (χ4v) is 5.20. The molecule has 0 bridgehead atoms. The van der Waals surface area contributed by atoms with Gasteiger partial charge in [-0.25, -0.2) is 0 Å². The first kappa shape index (κ1) is 22.1. The lowest BCUT2D eigenvalue weighted by Gasteiger charge is -2.17. The van der Waals surface area contributed by atoms with Gasteiger partial charge in [0.2, 0.25) is 16.6 Å². The SMILES string of the molecule is C[Si](C)(C)OC(=O)CCCSSCCCC(=O)O[Si](C)(C)C. The van der Waals surface area contributed by atoms with Gasteiger partial charge in [0.05, 0.1) is 0 Å². The third kappa shape index (κ3) is 16.4. The minimum Gasteiger partial charge on any atom is -0.520 e. The van der Waals surface area contributed by atoms with E-state index in [9.17, 15) is 9.59 Å². The molecule has 0 amide bonds. The Bertz CT molecular complexity index is 318. The molecule has 0 saturated carbocycles. The second kappa shape index (κ2) is 10.8. The fourth-order valence-electron chi connectivity index (χ4n) is 1.45. The highest BCUT2D eigenvalue weighted by Gasteiger charge is 2.20. The molecule has 0 atom stereocenters. The molecule has 0 aliphatic heterocycles. The number of rotatable bonds is 11. The van der Waals surface area contributed by atoms with Gasteiger partial charge in [0, 0.05) is 24.3 Å². The summed E-state index contributed by atoms with van der Waals surface area (Å²) in [6, 6.07) is 0. The van der Waals surface area contributed by atoms with Gasteiger partial charge in [-0.1, -0.05) is 21.6 Å². The van der Waals surface area contributed by atoms with Crippen molar-refractivity contribution in [3.8, 4) is 0 Å². The molecule has 0 aliphatic carbocycles. The van der Waals surface area contributed by atoms with Gasteiger partial charge in [-0.15, -0.1) is 0 Å². The molecule has 0 heterocycles. The van der Waals surface area contributed by atoms with Crippen molar-refractivity contribution >= 4 is 50.2 Å². The van der Waals surface area contributed by atoms with E-state index in [0.29, 0.717) is 12.8 Å². The molecule has 0 fully saturated rings. The van der Waals surface area contributed by atoms with E-state index in [4.69, 9.17) is 8.85 Å². The number of hydrogen-bond acceptors (Lipinski definition) is 6. The number of carbonyl (C=O) groups is 2. The van der Waals surface area contributed by atoms with Gasteiger partial charge in [-0.05, 0) is 52.1 Å². The molecule has 0 saturated heterocycles. The van der Waals surface area contributed by atoms with Crippen LogP contribution in [0.5, 0.6) is 0 Å². The number of hydrogen-bond donors (Lipinski definition) is 0. The molecule has 8 heteroatoms. The van der Waals surface area contributed by atoms with E-state index in [1.54, 1.807) is 21.6 Å². The average molecular weight is 383 g/mol. The quantitative estimate of drug-likeness (QED) is 0.294. The topological polar surface area (TPSA) is 52.6 Å². The Morgan fingerprint density at radius 1 is 0.727 bits per heavy atom. The standard InChI is InChI=1S/C14H30O4S2Si2/c1-21(2,3)17-13(15)9-7-11-19-20-12-8-10-14(16)18-22(4,5)6/h7-12H2,1-6H3. The van der Waals surface area contributed by atoms with Crippen molar-refractivity contribution in [3.05, 3.63) is 0 Å². The van der Waals surface area contributed by atoms with Crippen LogP contribution in [-0.4, -0.2) is 40.1 Å². The van der Waals surface area contributed by atoms with E-state index >= 15 is 0 Å². The lowest BCUT2D eigenvalue weighted by molar-refractivity contribution is -0.136. The maximum Gasteiger partial charge on any atom is 0.292 e. The van der Waals surface area contributed by atoms with Crippen LogP contribution in [0.3, 0.4) is 0 Å². The van der Waals surface area contributed by atoms with Gasteiger partial charge in [0.25, 0.3) is 11.9 Å². The molecule has 0 unspecified atom stereocenters. The minimum absolute atomic E-state index is 0.0705. The Morgan fingerprint density at radius 3 is 1.32 bits per heavy atom. The monoisotopic (exact) mass is 382 g/mol. The van der Waals surface area contributed by atoms with Crippen LogP contribution >= 0.6 is 21.6 Å². The summed E-state index contributed by atoms with van der Waals surface area (Å²) < 4.78 is 10.8. The van der Waals surface area contributed by atoms with Gasteiger partial charge in [0.1, 0.15) is 0 Å². The summed E-state index contributed by atoms with van der Waals surface area (Å²) in [4.78, 5) is 23.1. The molecule has 0 aromatic heterocycles. The summed E-state index contributed by atoms with van der Waals surface area (Å²) in [6.07, 6.45) is 2.69. The maximum absolute atomic E-state index is 11.5. The fraction of sp³-hybridized carbons (Fsp3) is 0.857. The van der Waals surface area contributed by atoms with Crippen LogP contribution in [-0.2, 0) is 18.4 Å². The van der Waals surface area contributed by atoms with Crippen LogP contribution in [0.1, 0.15) is 25.7 Å². The summed E-state index contributed by atoms with van der Waals surface area (Å²) >= 11 is 0. The Balaban J connectivity index is 3.45. The van der Waals surface area contributed by atoms with Crippen LogP contribution in [0.4, 0.5) is 0 Å². The Hall–Kier alpha value is 0.0738. The van der Waals surface area contributed by atoms with Gasteiger partial charge in [-0.3, -0.25) is 9.59 Å². The highest BCUT2D eigenvalue weighted by atomic mass is 33.1. The van der Waals surface area contributed by atoms with Crippen LogP contribution < -0.4 is 0 Å². The van der Waals surface area contributed by atoms with Gasteiger partial charge < -0.3 is 8.85 Å². The van der Waals surface area contributed by atoms with E-state index < -0.39 is 16.6 Å². The second-order valence-corrected chi connectivity index (χ2v) is 18.6. The lowest BCUT2D eigenvalue weighted by atomic mass is 10.3. The van der Waals surface area contributed by atoms with Crippen molar-refractivity contribution in [2.24, 2.45) is 0 Å². The van der Waals surface area contributed by atoms with Crippen LogP contribution in [0.2, 0.25) is 39.3 Å². The van der Waals surface area contributed by atoms with Crippen LogP contribution in [0.25, 0.3) is 0 Å². The Morgan fingerprint density at radius 2 is 1.05 bits per heavy atom. The van der Waals surface area contributed by atoms with Crippen molar-refractivity contribution in [1.29, 1.82) is 0 Å². The summed E-state index contributed by atoms with van der Waals surface area (Å²) in [5.41, 5.74) is 0. The predicted octanol–water partition coefficient (Wildman–Crippen LogP) is 4.68. The predicted molar refractivity (Wildman–Crippen MR) is 102 cm³/mol. The molecule has 0 aliphatic rings. The van der Waals surface area contributed by atoms with E-state index in [-0.39, 0.29) is 11.9 Å². The molecule has 130 valence electrons. The van der Waals surface area contributed by atoms with Crippen molar-refractivity contribution in [2.75, 3.05) is 11.5 Å². The van der Waals surface area contributed by atoms with E-state index in [2.05, 4.69) is 0 Å². The zero-order chi connectivity index (χ0) is 17.2. The van der Waals surface area contributed by atoms with Crippen molar-refractivity contribution in [2.45, 2.75) is 65.0 Å². The molecule has 0 N–H and O–H groups in total. The largest absolute Gasteiger partial charge is 0.520 e. The van der Waals surface area contributed by atoms with Crippen molar-refractivity contribution < 1.29 is 18.4 Å². The zero-order valence-corrected chi connectivity index (χ0v) is 18.3. The molecule has 22 heavy (non-hydrogen) atoms. The Kier molecular flexibility index (Phi) is 10.8. The third-order valence-corrected chi connectivity index (χ3v) is 6.40. The summed E-state index contributed by atoms with van der Waals surface area (Å²) in [5.74, 6) is 1.73. The van der Waals surface area contributed by atoms with Crippen LogP contribution in [0.15, 0.2) is 0 Å². The molecule has 0 spiro atoms. The first-order valence-electron chi connectivity index (χ1n) is 7.68. The molecule has 4 nitrogen and oxygen atoms in total. The zero-order valence-electron chi connectivity index (χ0n) is 14.7. The summed E-state index contributed by atoms with van der Waals surface area (Å²) in [7, 11) is 0.0357. The lowest BCUT2D eigenvalue weighted by Crippen LogP contribution is -2.29. The maximum atomic E-state index is 11.5. The second-order valence-electron chi connectivity index (χ2n) is 7.02. The summed E-state index contributed by atoms with van der Waals surface area (Å²) in [6.45, 7) is 12.1. The molecule has 0 aromatic carbocycles. The third-order valence-electron chi connectivity index (χ3n) is 2.14. The highest BCUT2D eigenvalue weighted by molar-refractivity contribution is 8.76. The Labute approximate surface area is 145 Å². The van der Waals surface area contributed by atoms with Gasteiger partial charge >= 0.3 is 0 Å². The van der Waals surface area contributed by atoms with Crippen molar-refractivity contribution in [1.82, 2.24) is 0 Å². The molecule has 0 rings (SSSR count). The molecular weight excluding hydrogens is 352 g/mol. The molecule has 0 radical (unpaired) electrons. The molecular formula is C14H30O4S2Si2. The van der Waals surface area contributed by atoms with E-state index in [0.717, 1.165) is 24.3 Å². The minimum atomic E-state index is -1.74. The first-order valence-corrected chi connectivity index (χ1v) is 17.0. The smallest absolute Gasteiger partial charge is 0.292 e. The highest BCUT2D eigenvalue weighted by Crippen LogP contribution is 2.24. The first-order chi connectivity index (χ1) is 9.99. The van der Waals surface area contributed by atoms with E-state index in [1.165, 1.54) is 0 Å². The van der Waals surface area contributed by atoms with Crippen molar-refractivity contribution in [3.63, 3.8) is 0 Å².